The van der Waals surface area contributed by atoms with Crippen molar-refractivity contribution in [2.75, 3.05) is 10.7 Å². The first-order chi connectivity index (χ1) is 14.1. The van der Waals surface area contributed by atoms with Crippen molar-refractivity contribution in [2.24, 2.45) is 0 Å². The highest BCUT2D eigenvalue weighted by Gasteiger charge is 2.21. The molecule has 0 spiro atoms. The molecule has 4 rings (SSSR count). The lowest BCUT2D eigenvalue weighted by molar-refractivity contribution is -0.116. The molecule has 0 aliphatic carbocycles. The van der Waals surface area contributed by atoms with Gasteiger partial charge in [-0.25, -0.2) is 4.98 Å². The van der Waals surface area contributed by atoms with Crippen LogP contribution in [0.4, 0.5) is 5.13 Å². The highest BCUT2D eigenvalue weighted by molar-refractivity contribution is 8.00. The van der Waals surface area contributed by atoms with Crippen LogP contribution in [-0.2, 0) is 11.3 Å². The molecule has 7 heteroatoms. The van der Waals surface area contributed by atoms with Crippen molar-refractivity contribution in [3.8, 4) is 0 Å². The third kappa shape index (κ3) is 4.61. The minimum absolute atomic E-state index is 0.00712. The molecule has 1 amide bonds. The van der Waals surface area contributed by atoms with Crippen LogP contribution in [-0.4, -0.2) is 21.6 Å². The van der Waals surface area contributed by atoms with Gasteiger partial charge in [-0.3, -0.25) is 14.7 Å². The quantitative estimate of drug-likeness (QED) is 0.347. The third-order valence-electron chi connectivity index (χ3n) is 4.42. The van der Waals surface area contributed by atoms with Gasteiger partial charge < -0.3 is 0 Å². The Bertz CT molecular complexity index is 1130. The molecule has 0 atom stereocenters. The first kappa shape index (κ1) is 19.9. The molecule has 0 N–H and O–H groups in total. The minimum Gasteiger partial charge on any atom is -0.281 e. The second-order valence-electron chi connectivity index (χ2n) is 6.42. The molecule has 0 aliphatic rings. The van der Waals surface area contributed by atoms with E-state index < -0.39 is 0 Å². The third-order valence-corrected chi connectivity index (χ3v) is 6.87. The Morgan fingerprint density at radius 3 is 2.66 bits per heavy atom. The molecule has 2 aromatic heterocycles. The van der Waals surface area contributed by atoms with Crippen molar-refractivity contribution >= 4 is 56.0 Å². The highest BCUT2D eigenvalue weighted by atomic mass is 35.5. The van der Waals surface area contributed by atoms with Gasteiger partial charge >= 0.3 is 0 Å². The molecule has 146 valence electrons. The van der Waals surface area contributed by atoms with Crippen LogP contribution in [0.3, 0.4) is 0 Å². The molecule has 4 nitrogen and oxygen atoms in total. The molecule has 0 aliphatic heterocycles. The number of aromatic nitrogens is 2. The fraction of sp³-hybridized carbons (Fsp3) is 0.136. The molecule has 0 radical (unpaired) electrons. The molecule has 0 bridgehead atoms. The molecular formula is C22H18ClN3OS2. The molecule has 29 heavy (non-hydrogen) atoms. The topological polar surface area (TPSA) is 46.1 Å². The second-order valence-corrected chi connectivity index (χ2v) is 8.88. The van der Waals surface area contributed by atoms with E-state index in [2.05, 4.69) is 4.98 Å². The highest BCUT2D eigenvalue weighted by Crippen LogP contribution is 2.34. The summed E-state index contributed by atoms with van der Waals surface area (Å²) < 4.78 is 1.01. The Morgan fingerprint density at radius 2 is 1.90 bits per heavy atom. The zero-order valence-electron chi connectivity index (χ0n) is 15.7. The van der Waals surface area contributed by atoms with E-state index in [-0.39, 0.29) is 5.91 Å². The van der Waals surface area contributed by atoms with Crippen molar-refractivity contribution < 1.29 is 4.79 Å². The van der Waals surface area contributed by atoms with E-state index in [1.165, 1.54) is 23.1 Å². The molecule has 0 saturated carbocycles. The van der Waals surface area contributed by atoms with Gasteiger partial charge in [-0.1, -0.05) is 47.2 Å². The number of fused-ring (bicyclic) bond motifs is 1. The molecule has 4 aromatic rings. The van der Waals surface area contributed by atoms with E-state index in [4.69, 9.17) is 16.6 Å². The molecule has 0 saturated heterocycles. The van der Waals surface area contributed by atoms with E-state index >= 15 is 0 Å². The van der Waals surface area contributed by atoms with Crippen LogP contribution in [0.25, 0.3) is 10.2 Å². The number of hydrogen-bond acceptors (Lipinski definition) is 5. The predicted octanol–water partition coefficient (Wildman–Crippen LogP) is 5.98. The number of rotatable bonds is 6. The van der Waals surface area contributed by atoms with Crippen LogP contribution in [0, 0.1) is 6.92 Å². The first-order valence-electron chi connectivity index (χ1n) is 9.05. The lowest BCUT2D eigenvalue weighted by Crippen LogP contribution is -2.32. The predicted molar refractivity (Wildman–Crippen MR) is 122 cm³/mol. The Labute approximate surface area is 182 Å². The maximum absolute atomic E-state index is 13.2. The van der Waals surface area contributed by atoms with Gasteiger partial charge in [-0.05, 0) is 48.9 Å². The molecular weight excluding hydrogens is 422 g/mol. The number of carbonyl (C=O) groups is 1. The summed E-state index contributed by atoms with van der Waals surface area (Å²) in [6, 6.07) is 19.4. The Balaban J connectivity index is 1.64. The van der Waals surface area contributed by atoms with Crippen molar-refractivity contribution in [3.63, 3.8) is 0 Å². The fourth-order valence-electron chi connectivity index (χ4n) is 2.86. The standard InChI is InChI=1S/C22H18ClN3OS2/c1-15-18(23)10-11-19-21(15)25-22(29-19)26(13-16-7-5-6-12-24-16)20(27)14-28-17-8-3-2-4-9-17/h2-12H,13-14H2,1H3. The summed E-state index contributed by atoms with van der Waals surface area (Å²) in [4.78, 5) is 25.1. The van der Waals surface area contributed by atoms with Gasteiger partial charge in [-0.2, -0.15) is 0 Å². The summed E-state index contributed by atoms with van der Waals surface area (Å²) >= 11 is 9.27. The zero-order valence-corrected chi connectivity index (χ0v) is 18.1. The maximum atomic E-state index is 13.2. The number of pyridine rings is 1. The fourth-order valence-corrected chi connectivity index (χ4v) is 4.85. The Hall–Kier alpha value is -2.41. The van der Waals surface area contributed by atoms with E-state index in [1.54, 1.807) is 11.1 Å². The lowest BCUT2D eigenvalue weighted by atomic mass is 10.2. The normalized spacial score (nSPS) is 11.0. The number of benzene rings is 2. The van der Waals surface area contributed by atoms with E-state index in [9.17, 15) is 4.79 Å². The SMILES string of the molecule is Cc1c(Cl)ccc2sc(N(Cc3ccccn3)C(=O)CSc3ccccc3)nc12. The number of carbonyl (C=O) groups excluding carboxylic acids is 1. The number of hydrogen-bond donors (Lipinski definition) is 0. The van der Waals surface area contributed by atoms with Crippen LogP contribution < -0.4 is 4.90 Å². The van der Waals surface area contributed by atoms with Crippen molar-refractivity contribution in [1.82, 2.24) is 9.97 Å². The lowest BCUT2D eigenvalue weighted by Gasteiger charge is -2.19. The van der Waals surface area contributed by atoms with Crippen LogP contribution in [0.1, 0.15) is 11.3 Å². The summed E-state index contributed by atoms with van der Waals surface area (Å²) in [7, 11) is 0. The van der Waals surface area contributed by atoms with Crippen LogP contribution in [0.15, 0.2) is 71.8 Å². The van der Waals surface area contributed by atoms with Gasteiger partial charge in [0.1, 0.15) is 0 Å². The van der Waals surface area contributed by atoms with Gasteiger partial charge in [0.25, 0.3) is 0 Å². The minimum atomic E-state index is -0.00712. The van der Waals surface area contributed by atoms with Crippen LogP contribution >= 0.6 is 34.7 Å². The number of aryl methyl sites for hydroxylation is 1. The van der Waals surface area contributed by atoms with E-state index in [1.807, 2.05) is 67.6 Å². The molecule has 0 unspecified atom stereocenters. The number of halogens is 1. The summed E-state index contributed by atoms with van der Waals surface area (Å²) in [5.41, 5.74) is 2.59. The van der Waals surface area contributed by atoms with Gasteiger partial charge in [-0.15, -0.1) is 11.8 Å². The van der Waals surface area contributed by atoms with Crippen LogP contribution in [0.2, 0.25) is 5.02 Å². The van der Waals surface area contributed by atoms with Gasteiger partial charge in [0, 0.05) is 16.1 Å². The van der Waals surface area contributed by atoms with Crippen molar-refractivity contribution in [3.05, 3.63) is 83.1 Å². The van der Waals surface area contributed by atoms with Crippen LogP contribution in [0.5, 0.6) is 0 Å². The molecule has 2 aromatic carbocycles. The average molecular weight is 440 g/mol. The van der Waals surface area contributed by atoms with Gasteiger partial charge in [0.15, 0.2) is 5.13 Å². The number of anilines is 1. The summed E-state index contributed by atoms with van der Waals surface area (Å²) in [5.74, 6) is 0.319. The summed E-state index contributed by atoms with van der Waals surface area (Å²) in [6.07, 6.45) is 1.74. The largest absolute Gasteiger partial charge is 0.281 e. The molecule has 2 heterocycles. The Morgan fingerprint density at radius 1 is 1.10 bits per heavy atom. The number of amides is 1. The van der Waals surface area contributed by atoms with Gasteiger partial charge in [0.2, 0.25) is 5.91 Å². The smallest absolute Gasteiger partial charge is 0.239 e. The van der Waals surface area contributed by atoms with Crippen molar-refractivity contribution in [1.29, 1.82) is 0 Å². The summed E-state index contributed by atoms with van der Waals surface area (Å²) in [5, 5.41) is 1.34. The average Bonchev–Trinajstić information content (AvgIpc) is 3.19. The zero-order chi connectivity index (χ0) is 20.2. The maximum Gasteiger partial charge on any atom is 0.239 e. The first-order valence-corrected chi connectivity index (χ1v) is 11.2. The van der Waals surface area contributed by atoms with E-state index in [0.717, 1.165) is 26.4 Å². The second kappa shape index (κ2) is 8.95. The number of thiazole rings is 1. The van der Waals surface area contributed by atoms with Crippen molar-refractivity contribution in [2.45, 2.75) is 18.4 Å². The number of nitrogens with zero attached hydrogens (tertiary/aromatic N) is 3. The van der Waals surface area contributed by atoms with Gasteiger partial charge in [0.05, 0.1) is 28.2 Å². The molecule has 0 fully saturated rings. The monoisotopic (exact) mass is 439 g/mol. The summed E-state index contributed by atoms with van der Waals surface area (Å²) in [6.45, 7) is 2.33. The van der Waals surface area contributed by atoms with E-state index in [0.29, 0.717) is 22.5 Å². The Kier molecular flexibility index (Phi) is 6.13. The number of thioether (sulfide) groups is 1.